The monoisotopic (exact) mass is 187 g/mol. The smallest absolute Gasteiger partial charge is 0.156 e. The van der Waals surface area contributed by atoms with Gasteiger partial charge in [0.2, 0.25) is 0 Å². The van der Waals surface area contributed by atoms with Crippen LogP contribution in [0.5, 0.6) is 0 Å². The molecular weight excluding hydrogens is 166 g/mol. The highest BCUT2D eigenvalue weighted by Crippen LogP contribution is 2.01. The molecule has 1 atom stereocenters. The second-order valence-corrected chi connectivity index (χ2v) is 3.74. The topological polar surface area (TPSA) is 70.6 Å². The van der Waals surface area contributed by atoms with Crippen molar-refractivity contribution in [2.75, 3.05) is 6.54 Å². The molecule has 0 rings (SSSR count). The van der Waals surface area contributed by atoms with Crippen molar-refractivity contribution in [1.82, 2.24) is 5.32 Å². The Morgan fingerprint density at radius 2 is 2.08 bits per heavy atom. The lowest BCUT2D eigenvalue weighted by molar-refractivity contribution is 0.315. The quantitative estimate of drug-likeness (QED) is 0.192. The number of amidine groups is 1. The minimum atomic E-state index is -0.0443. The van der Waals surface area contributed by atoms with Gasteiger partial charge in [-0.2, -0.15) is 0 Å². The summed E-state index contributed by atoms with van der Waals surface area (Å²) < 4.78 is 0. The van der Waals surface area contributed by atoms with Gasteiger partial charge in [0.05, 0.1) is 6.04 Å². The molecule has 0 aromatic heterocycles. The van der Waals surface area contributed by atoms with Crippen molar-refractivity contribution in [1.29, 1.82) is 0 Å². The lowest BCUT2D eigenvalue weighted by atomic mass is 10.1. The molecule has 0 aliphatic rings. The van der Waals surface area contributed by atoms with E-state index in [1.165, 1.54) is 6.42 Å². The van der Waals surface area contributed by atoms with E-state index in [2.05, 4.69) is 24.3 Å². The van der Waals surface area contributed by atoms with Crippen LogP contribution in [0.25, 0.3) is 0 Å². The summed E-state index contributed by atoms with van der Waals surface area (Å²) in [5.74, 6) is 0.977. The molecule has 0 saturated carbocycles. The Balaban J connectivity index is 3.43. The Hall–Kier alpha value is -0.770. The molecule has 0 fully saturated rings. The zero-order chi connectivity index (χ0) is 10.3. The molecule has 0 heterocycles. The van der Waals surface area contributed by atoms with E-state index in [0.717, 1.165) is 18.9 Å². The maximum absolute atomic E-state index is 8.37. The number of nitrogens with one attached hydrogen (secondary N) is 1. The van der Waals surface area contributed by atoms with Crippen LogP contribution in [0, 0.1) is 5.92 Å². The maximum Gasteiger partial charge on any atom is 0.156 e. The molecule has 1 unspecified atom stereocenters. The number of hydrogen-bond acceptors (Lipinski definition) is 3. The Labute approximate surface area is 80.2 Å². The van der Waals surface area contributed by atoms with Crippen molar-refractivity contribution in [2.24, 2.45) is 16.8 Å². The number of nitrogens with zero attached hydrogens (tertiary/aromatic N) is 1. The summed E-state index contributed by atoms with van der Waals surface area (Å²) >= 11 is 0. The number of oxime groups is 1. The summed E-state index contributed by atoms with van der Waals surface area (Å²) in [7, 11) is 0. The Kier molecular flexibility index (Phi) is 6.32. The zero-order valence-corrected chi connectivity index (χ0v) is 8.75. The number of hydrogen-bond donors (Lipinski definition) is 3. The van der Waals surface area contributed by atoms with E-state index >= 15 is 0 Å². The fourth-order valence-electron chi connectivity index (χ4n) is 1.02. The first-order valence-electron chi connectivity index (χ1n) is 4.78. The number of nitrogens with two attached hydrogens (primary N) is 1. The predicted octanol–water partition coefficient (Wildman–Crippen LogP) is 1.15. The van der Waals surface area contributed by atoms with Crippen molar-refractivity contribution in [3.8, 4) is 0 Å². The highest BCUT2D eigenvalue weighted by atomic mass is 16.4. The number of rotatable bonds is 6. The molecule has 4 N–H and O–H groups in total. The molecule has 78 valence electrons. The van der Waals surface area contributed by atoms with Gasteiger partial charge < -0.3 is 16.3 Å². The summed E-state index contributed by atoms with van der Waals surface area (Å²) in [5, 5.41) is 14.5. The third-order valence-corrected chi connectivity index (χ3v) is 1.97. The van der Waals surface area contributed by atoms with E-state index in [1.807, 2.05) is 6.92 Å². The molecule has 0 aromatic carbocycles. The van der Waals surface area contributed by atoms with E-state index in [9.17, 15) is 0 Å². The SMILES string of the molecule is CC(C)CCCNC(C)C(N)=NO. The van der Waals surface area contributed by atoms with Gasteiger partial charge in [0, 0.05) is 0 Å². The van der Waals surface area contributed by atoms with Crippen LogP contribution in [0.1, 0.15) is 33.6 Å². The van der Waals surface area contributed by atoms with Gasteiger partial charge in [0.15, 0.2) is 5.84 Å². The average molecular weight is 187 g/mol. The highest BCUT2D eigenvalue weighted by molar-refractivity contribution is 5.84. The van der Waals surface area contributed by atoms with Gasteiger partial charge in [0.1, 0.15) is 0 Å². The molecular formula is C9H21N3O. The minimum absolute atomic E-state index is 0.0443. The third-order valence-electron chi connectivity index (χ3n) is 1.97. The van der Waals surface area contributed by atoms with E-state index in [0.29, 0.717) is 0 Å². The standard InChI is InChI=1S/C9H21N3O/c1-7(2)5-4-6-11-8(3)9(10)12-13/h7-8,11,13H,4-6H2,1-3H3,(H2,10,12). The van der Waals surface area contributed by atoms with Gasteiger partial charge in [-0.05, 0) is 32.2 Å². The first kappa shape index (κ1) is 12.2. The van der Waals surface area contributed by atoms with Gasteiger partial charge in [-0.25, -0.2) is 0 Å². The zero-order valence-electron chi connectivity index (χ0n) is 8.75. The lowest BCUT2D eigenvalue weighted by Gasteiger charge is -2.12. The van der Waals surface area contributed by atoms with E-state index in [4.69, 9.17) is 10.9 Å². The van der Waals surface area contributed by atoms with Crippen molar-refractivity contribution in [3.63, 3.8) is 0 Å². The molecule has 0 aliphatic heterocycles. The normalized spacial score (nSPS) is 14.9. The molecule has 4 nitrogen and oxygen atoms in total. The van der Waals surface area contributed by atoms with E-state index in [1.54, 1.807) is 0 Å². The first-order chi connectivity index (χ1) is 6.07. The summed E-state index contributed by atoms with van der Waals surface area (Å²) in [6.45, 7) is 7.19. The van der Waals surface area contributed by atoms with Gasteiger partial charge in [0.25, 0.3) is 0 Å². The van der Waals surface area contributed by atoms with Crippen LogP contribution < -0.4 is 11.1 Å². The van der Waals surface area contributed by atoms with Crippen LogP contribution in [0.3, 0.4) is 0 Å². The summed E-state index contributed by atoms with van der Waals surface area (Å²) in [4.78, 5) is 0. The molecule has 0 bridgehead atoms. The van der Waals surface area contributed by atoms with Crippen LogP contribution in [0.15, 0.2) is 5.16 Å². The molecule has 13 heavy (non-hydrogen) atoms. The van der Waals surface area contributed by atoms with Crippen LogP contribution in [-0.4, -0.2) is 23.6 Å². The molecule has 0 radical (unpaired) electrons. The van der Waals surface area contributed by atoms with Gasteiger partial charge in [-0.15, -0.1) is 0 Å². The van der Waals surface area contributed by atoms with Gasteiger partial charge >= 0.3 is 0 Å². The maximum atomic E-state index is 8.37. The van der Waals surface area contributed by atoms with Gasteiger partial charge in [-0.3, -0.25) is 0 Å². The lowest BCUT2D eigenvalue weighted by Crippen LogP contribution is -2.39. The Morgan fingerprint density at radius 3 is 2.54 bits per heavy atom. The van der Waals surface area contributed by atoms with Gasteiger partial charge in [-0.1, -0.05) is 19.0 Å². The predicted molar refractivity (Wildman–Crippen MR) is 54.9 cm³/mol. The first-order valence-corrected chi connectivity index (χ1v) is 4.78. The highest BCUT2D eigenvalue weighted by Gasteiger charge is 2.05. The Morgan fingerprint density at radius 1 is 1.46 bits per heavy atom. The summed E-state index contributed by atoms with van der Waals surface area (Å²) in [6, 6.07) is -0.0443. The largest absolute Gasteiger partial charge is 0.409 e. The molecule has 0 spiro atoms. The second kappa shape index (κ2) is 6.71. The summed E-state index contributed by atoms with van der Waals surface area (Å²) in [6.07, 6.45) is 2.33. The minimum Gasteiger partial charge on any atom is -0.409 e. The molecule has 0 aromatic rings. The van der Waals surface area contributed by atoms with Crippen molar-refractivity contribution >= 4 is 5.84 Å². The third kappa shape index (κ3) is 6.40. The van der Waals surface area contributed by atoms with Crippen molar-refractivity contribution in [3.05, 3.63) is 0 Å². The average Bonchev–Trinajstić information content (AvgIpc) is 2.10. The molecule has 0 amide bonds. The fraction of sp³-hybridized carbons (Fsp3) is 0.889. The molecule has 0 saturated heterocycles. The van der Waals surface area contributed by atoms with Crippen LogP contribution in [0.4, 0.5) is 0 Å². The fourth-order valence-corrected chi connectivity index (χ4v) is 1.02. The van der Waals surface area contributed by atoms with Crippen molar-refractivity contribution in [2.45, 2.75) is 39.7 Å². The summed E-state index contributed by atoms with van der Waals surface area (Å²) in [5.41, 5.74) is 5.40. The molecule has 0 aliphatic carbocycles. The van der Waals surface area contributed by atoms with Crippen LogP contribution in [0.2, 0.25) is 0 Å². The second-order valence-electron chi connectivity index (χ2n) is 3.74. The van der Waals surface area contributed by atoms with Crippen molar-refractivity contribution < 1.29 is 5.21 Å². The van der Waals surface area contributed by atoms with Crippen LogP contribution >= 0.6 is 0 Å². The molecule has 4 heteroatoms. The van der Waals surface area contributed by atoms with E-state index < -0.39 is 0 Å². The van der Waals surface area contributed by atoms with Crippen LogP contribution in [-0.2, 0) is 0 Å². The Bertz CT molecular complexity index is 157. The van der Waals surface area contributed by atoms with E-state index in [-0.39, 0.29) is 11.9 Å².